The number of piperidine rings is 1. The molecule has 7 nitrogen and oxygen atoms in total. The Hall–Kier alpha value is -0.830. The van der Waals surface area contributed by atoms with E-state index < -0.39 is 18.0 Å². The Morgan fingerprint density at radius 3 is 2.33 bits per heavy atom. The minimum atomic E-state index is -0.824. The van der Waals surface area contributed by atoms with Crippen molar-refractivity contribution in [1.29, 1.82) is 0 Å². The van der Waals surface area contributed by atoms with Crippen LogP contribution in [0, 0.1) is 5.92 Å². The van der Waals surface area contributed by atoms with Crippen LogP contribution in [0.4, 0.5) is 0 Å². The lowest BCUT2D eigenvalue weighted by atomic mass is 9.90. The van der Waals surface area contributed by atoms with Gasteiger partial charge in [0, 0.05) is 0 Å². The van der Waals surface area contributed by atoms with Crippen molar-refractivity contribution in [2.45, 2.75) is 31.9 Å². The predicted octanol–water partition coefficient (Wildman–Crippen LogP) is 2.79. The van der Waals surface area contributed by atoms with Gasteiger partial charge in [0.05, 0.1) is 6.54 Å². The molecular weight excluding hydrogens is 440 g/mol. The molecule has 0 unspecified atom stereocenters. The normalized spacial score (nSPS) is 16.0. The highest BCUT2D eigenvalue weighted by Gasteiger charge is 2.25. The number of rotatable bonds is 7. The van der Waals surface area contributed by atoms with Gasteiger partial charge in [0.1, 0.15) is 23.0 Å². The SMILES string of the molecule is Cl.Cl.N[C@@H](CC1CCN(CC(=O)O)CC1)C(=O)OCc1cc(Cl)nc(Cl)c1. The fourth-order valence-electron chi connectivity index (χ4n) is 2.89. The second-order valence-corrected chi connectivity index (χ2v) is 6.96. The molecule has 1 aromatic rings. The van der Waals surface area contributed by atoms with E-state index in [4.69, 9.17) is 38.8 Å². The number of aliphatic carboxylic acids is 1. The van der Waals surface area contributed by atoms with Crippen LogP contribution in [0.3, 0.4) is 0 Å². The number of aromatic nitrogens is 1. The van der Waals surface area contributed by atoms with Gasteiger partial charge in [0.25, 0.3) is 0 Å². The summed E-state index contributed by atoms with van der Waals surface area (Å²) < 4.78 is 5.22. The third-order valence-electron chi connectivity index (χ3n) is 4.16. The van der Waals surface area contributed by atoms with Crippen molar-refractivity contribution in [3.63, 3.8) is 0 Å². The zero-order valence-electron chi connectivity index (χ0n) is 14.5. The Morgan fingerprint density at radius 1 is 1.26 bits per heavy atom. The van der Waals surface area contributed by atoms with Crippen LogP contribution < -0.4 is 5.73 Å². The number of carboxylic acid groups (broad SMARTS) is 1. The van der Waals surface area contributed by atoms with Crippen LogP contribution in [0.2, 0.25) is 10.3 Å². The van der Waals surface area contributed by atoms with Gasteiger partial charge < -0.3 is 15.6 Å². The van der Waals surface area contributed by atoms with Crippen LogP contribution in [-0.2, 0) is 20.9 Å². The van der Waals surface area contributed by atoms with Gasteiger partial charge in [0.2, 0.25) is 0 Å². The van der Waals surface area contributed by atoms with E-state index in [9.17, 15) is 9.59 Å². The lowest BCUT2D eigenvalue weighted by Crippen LogP contribution is -2.40. The van der Waals surface area contributed by atoms with E-state index in [1.54, 1.807) is 12.1 Å². The molecule has 154 valence electrons. The Balaban J connectivity index is 0.00000338. The first-order valence-corrected chi connectivity index (χ1v) is 8.77. The van der Waals surface area contributed by atoms with Gasteiger partial charge in [-0.1, -0.05) is 23.2 Å². The second kappa shape index (κ2) is 12.6. The van der Waals surface area contributed by atoms with Gasteiger partial charge in [0.15, 0.2) is 0 Å². The molecule has 1 fully saturated rings. The van der Waals surface area contributed by atoms with Crippen LogP contribution in [0.5, 0.6) is 0 Å². The summed E-state index contributed by atoms with van der Waals surface area (Å²) in [6.07, 6.45) is 2.17. The zero-order chi connectivity index (χ0) is 18.4. The maximum atomic E-state index is 12.1. The number of nitrogens with zero attached hydrogens (tertiary/aromatic N) is 2. The molecule has 1 atom stereocenters. The zero-order valence-corrected chi connectivity index (χ0v) is 17.6. The number of nitrogens with two attached hydrogens (primary N) is 1. The van der Waals surface area contributed by atoms with Crippen LogP contribution in [0.1, 0.15) is 24.8 Å². The topological polar surface area (TPSA) is 106 Å². The number of carbonyl (C=O) groups excluding carboxylic acids is 1. The summed E-state index contributed by atoms with van der Waals surface area (Å²) in [4.78, 5) is 28.5. The smallest absolute Gasteiger partial charge is 0.323 e. The summed E-state index contributed by atoms with van der Waals surface area (Å²) in [5.74, 6) is -1.01. The van der Waals surface area contributed by atoms with Crippen molar-refractivity contribution in [3.8, 4) is 0 Å². The third-order valence-corrected chi connectivity index (χ3v) is 4.55. The summed E-state index contributed by atoms with van der Waals surface area (Å²) in [6.45, 7) is 1.49. The molecule has 0 bridgehead atoms. The number of ether oxygens (including phenoxy) is 1. The van der Waals surface area contributed by atoms with Crippen molar-refractivity contribution in [2.24, 2.45) is 11.7 Å². The molecule has 0 aliphatic carbocycles. The largest absolute Gasteiger partial charge is 0.480 e. The van der Waals surface area contributed by atoms with Gasteiger partial charge >= 0.3 is 11.9 Å². The minimum absolute atomic E-state index is 0. The second-order valence-electron chi connectivity index (χ2n) is 6.18. The first-order valence-electron chi connectivity index (χ1n) is 8.02. The molecule has 27 heavy (non-hydrogen) atoms. The first-order chi connectivity index (χ1) is 11.8. The predicted molar refractivity (Wildman–Crippen MR) is 108 cm³/mol. The summed E-state index contributed by atoms with van der Waals surface area (Å²) >= 11 is 11.6. The summed E-state index contributed by atoms with van der Waals surface area (Å²) in [5.41, 5.74) is 6.59. The van der Waals surface area contributed by atoms with Crippen molar-refractivity contribution in [1.82, 2.24) is 9.88 Å². The molecule has 1 aliphatic heterocycles. The number of pyridine rings is 1. The molecule has 2 heterocycles. The van der Waals surface area contributed by atoms with Gasteiger partial charge in [-0.3, -0.25) is 14.5 Å². The van der Waals surface area contributed by atoms with Crippen LogP contribution in [0.15, 0.2) is 12.1 Å². The van der Waals surface area contributed by atoms with Gasteiger partial charge in [-0.2, -0.15) is 0 Å². The standard InChI is InChI=1S/C16H21Cl2N3O4.2ClH/c17-13-6-11(7-14(18)20-13)9-25-16(24)12(19)5-10-1-3-21(4-2-10)8-15(22)23;;/h6-7,10,12H,1-5,8-9,19H2,(H,22,23);2*1H/t12-;;/m0../s1. The van der Waals surface area contributed by atoms with Crippen LogP contribution in [0.25, 0.3) is 0 Å². The molecule has 0 saturated carbocycles. The molecule has 0 spiro atoms. The number of carbonyl (C=O) groups is 2. The van der Waals surface area contributed by atoms with E-state index in [0.29, 0.717) is 25.1 Å². The molecule has 0 radical (unpaired) electrons. The maximum Gasteiger partial charge on any atom is 0.323 e. The molecule has 1 aliphatic rings. The number of halogens is 4. The maximum absolute atomic E-state index is 12.1. The fourth-order valence-corrected chi connectivity index (χ4v) is 3.39. The summed E-state index contributed by atoms with van der Waals surface area (Å²) in [7, 11) is 0. The quantitative estimate of drug-likeness (QED) is 0.473. The minimum Gasteiger partial charge on any atom is -0.480 e. The summed E-state index contributed by atoms with van der Waals surface area (Å²) in [5, 5.41) is 9.26. The lowest BCUT2D eigenvalue weighted by Gasteiger charge is -2.31. The summed E-state index contributed by atoms with van der Waals surface area (Å²) in [6, 6.07) is 2.44. The Bertz CT molecular complexity index is 607. The molecule has 1 saturated heterocycles. The van der Waals surface area contributed by atoms with Crippen molar-refractivity contribution in [3.05, 3.63) is 28.0 Å². The highest BCUT2D eigenvalue weighted by atomic mass is 35.5. The molecule has 3 N–H and O–H groups in total. The molecule has 0 amide bonds. The number of hydrogen-bond donors (Lipinski definition) is 2. The van der Waals surface area contributed by atoms with Gasteiger partial charge in [-0.25, -0.2) is 4.98 Å². The molecule has 11 heteroatoms. The van der Waals surface area contributed by atoms with Gasteiger partial charge in [-0.05, 0) is 56.0 Å². The lowest BCUT2D eigenvalue weighted by molar-refractivity contribution is -0.147. The monoisotopic (exact) mass is 461 g/mol. The van der Waals surface area contributed by atoms with E-state index in [0.717, 1.165) is 12.8 Å². The van der Waals surface area contributed by atoms with Crippen LogP contribution in [-0.4, -0.2) is 52.6 Å². The van der Waals surface area contributed by atoms with E-state index in [1.165, 1.54) is 0 Å². The van der Waals surface area contributed by atoms with E-state index in [2.05, 4.69) is 4.98 Å². The number of hydrogen-bond acceptors (Lipinski definition) is 6. The Kier molecular flexibility index (Phi) is 12.2. The molecule has 1 aromatic heterocycles. The van der Waals surface area contributed by atoms with Crippen molar-refractivity contribution >= 4 is 60.0 Å². The van der Waals surface area contributed by atoms with Crippen molar-refractivity contribution < 1.29 is 19.4 Å². The number of carboxylic acids is 1. The fraction of sp³-hybridized carbons (Fsp3) is 0.562. The first kappa shape index (κ1) is 26.2. The van der Waals surface area contributed by atoms with E-state index in [-0.39, 0.29) is 54.2 Å². The highest BCUT2D eigenvalue weighted by Crippen LogP contribution is 2.22. The number of esters is 1. The van der Waals surface area contributed by atoms with Crippen LogP contribution >= 0.6 is 48.0 Å². The highest BCUT2D eigenvalue weighted by molar-refractivity contribution is 6.32. The molecule has 0 aromatic carbocycles. The van der Waals surface area contributed by atoms with Gasteiger partial charge in [-0.15, -0.1) is 24.8 Å². The average Bonchev–Trinajstić information content (AvgIpc) is 2.53. The Labute approximate surface area is 180 Å². The molecule has 2 rings (SSSR count). The van der Waals surface area contributed by atoms with E-state index >= 15 is 0 Å². The average molecular weight is 463 g/mol. The third kappa shape index (κ3) is 9.27. The van der Waals surface area contributed by atoms with Crippen molar-refractivity contribution in [2.75, 3.05) is 19.6 Å². The molecular formula is C16H23Cl4N3O4. The Morgan fingerprint density at radius 2 is 1.81 bits per heavy atom. The number of likely N-dealkylation sites (tertiary alicyclic amines) is 1. The van der Waals surface area contributed by atoms with E-state index in [1.807, 2.05) is 4.90 Å².